The zero-order chi connectivity index (χ0) is 21.1. The van der Waals surface area contributed by atoms with E-state index < -0.39 is 0 Å². The lowest BCUT2D eigenvalue weighted by Crippen LogP contribution is -2.26. The molecular weight excluding hydrogens is 390 g/mol. The Bertz CT molecular complexity index is 1360. The van der Waals surface area contributed by atoms with E-state index in [0.29, 0.717) is 28.9 Å². The maximum Gasteiger partial charge on any atom is 0.258 e. The summed E-state index contributed by atoms with van der Waals surface area (Å²) >= 11 is 0. The van der Waals surface area contributed by atoms with E-state index in [9.17, 15) is 4.79 Å². The molecule has 2 fully saturated rings. The van der Waals surface area contributed by atoms with Crippen LogP contribution in [0.5, 0.6) is 0 Å². The molecule has 0 aliphatic carbocycles. The number of hydrogen-bond acceptors (Lipinski definition) is 6. The highest BCUT2D eigenvalue weighted by Gasteiger charge is 2.36. The van der Waals surface area contributed by atoms with Gasteiger partial charge in [-0.1, -0.05) is 6.92 Å². The number of hydrogen-bond donors (Lipinski definition) is 1. The molecular formula is C23H25N7O. The minimum absolute atomic E-state index is 0.0926. The maximum atomic E-state index is 13.0. The van der Waals surface area contributed by atoms with Crippen molar-refractivity contribution in [1.82, 2.24) is 29.3 Å². The molecule has 2 atom stereocenters. The van der Waals surface area contributed by atoms with E-state index in [1.165, 1.54) is 0 Å². The molecule has 8 nitrogen and oxygen atoms in total. The predicted molar refractivity (Wildman–Crippen MR) is 120 cm³/mol. The van der Waals surface area contributed by atoms with E-state index >= 15 is 0 Å². The Morgan fingerprint density at radius 1 is 1.06 bits per heavy atom. The number of aromatic nitrogens is 5. The standard InChI is InChI=1S/C23H25N7O/c1-3-18-21-6-20(27-30(21)10-14(2)25-18)19-7-23(31)29-13-17(4-5-22(29)26-19)28-11-15-8-24-9-16(15)12-28/h4-7,10,13,15-16,24H,3,8-9,11-12H2,1-2H3. The Morgan fingerprint density at radius 2 is 1.87 bits per heavy atom. The summed E-state index contributed by atoms with van der Waals surface area (Å²) in [5, 5.41) is 8.14. The first-order valence-electron chi connectivity index (χ1n) is 10.9. The minimum Gasteiger partial charge on any atom is -0.370 e. The molecule has 6 heterocycles. The zero-order valence-electron chi connectivity index (χ0n) is 17.7. The van der Waals surface area contributed by atoms with Crippen molar-refractivity contribution in [1.29, 1.82) is 0 Å². The molecule has 2 aliphatic rings. The summed E-state index contributed by atoms with van der Waals surface area (Å²) in [5.74, 6) is 1.41. The molecule has 2 aliphatic heterocycles. The molecule has 0 aromatic carbocycles. The second kappa shape index (κ2) is 6.88. The summed E-state index contributed by atoms with van der Waals surface area (Å²) < 4.78 is 3.48. The van der Waals surface area contributed by atoms with E-state index in [2.05, 4.69) is 33.3 Å². The number of anilines is 1. The second-order valence-corrected chi connectivity index (χ2v) is 8.72. The van der Waals surface area contributed by atoms with Crippen molar-refractivity contribution in [2.45, 2.75) is 20.3 Å². The van der Waals surface area contributed by atoms with Gasteiger partial charge in [-0.2, -0.15) is 5.10 Å². The highest BCUT2D eigenvalue weighted by Crippen LogP contribution is 2.30. The maximum absolute atomic E-state index is 13.0. The number of nitrogens with zero attached hydrogens (tertiary/aromatic N) is 6. The van der Waals surface area contributed by atoms with Gasteiger partial charge in [0.1, 0.15) is 11.3 Å². The fourth-order valence-electron chi connectivity index (χ4n) is 5.05. The number of fused-ring (bicyclic) bond motifs is 3. The molecule has 0 amide bonds. The van der Waals surface area contributed by atoms with Crippen molar-refractivity contribution in [3.8, 4) is 11.4 Å². The van der Waals surface area contributed by atoms with Gasteiger partial charge in [-0.05, 0) is 43.4 Å². The number of pyridine rings is 1. The summed E-state index contributed by atoms with van der Waals surface area (Å²) in [7, 11) is 0. The van der Waals surface area contributed by atoms with E-state index in [0.717, 1.165) is 55.2 Å². The summed E-state index contributed by atoms with van der Waals surface area (Å²) in [6.45, 7) is 8.30. The quantitative estimate of drug-likeness (QED) is 0.551. The van der Waals surface area contributed by atoms with Gasteiger partial charge in [0, 0.05) is 38.4 Å². The Balaban J connectivity index is 1.39. The molecule has 0 bridgehead atoms. The van der Waals surface area contributed by atoms with Crippen molar-refractivity contribution in [2.24, 2.45) is 11.8 Å². The van der Waals surface area contributed by atoms with Gasteiger partial charge in [0.15, 0.2) is 0 Å². The Labute approximate surface area is 179 Å². The van der Waals surface area contributed by atoms with Crippen LogP contribution in [0.3, 0.4) is 0 Å². The van der Waals surface area contributed by atoms with Crippen LogP contribution in [0.2, 0.25) is 0 Å². The smallest absolute Gasteiger partial charge is 0.258 e. The monoisotopic (exact) mass is 415 g/mol. The lowest BCUT2D eigenvalue weighted by Gasteiger charge is -2.20. The first-order valence-corrected chi connectivity index (χ1v) is 10.9. The molecule has 0 spiro atoms. The van der Waals surface area contributed by atoms with Gasteiger partial charge in [-0.3, -0.25) is 14.2 Å². The highest BCUT2D eigenvalue weighted by atomic mass is 16.1. The Morgan fingerprint density at radius 3 is 2.65 bits per heavy atom. The fourth-order valence-corrected chi connectivity index (χ4v) is 5.05. The first-order chi connectivity index (χ1) is 15.1. The number of nitrogens with one attached hydrogen (secondary N) is 1. The van der Waals surface area contributed by atoms with Crippen LogP contribution in [0.4, 0.5) is 5.69 Å². The predicted octanol–water partition coefficient (Wildman–Crippen LogP) is 1.93. The van der Waals surface area contributed by atoms with Gasteiger partial charge in [0.05, 0.1) is 34.5 Å². The molecule has 0 radical (unpaired) electrons. The molecule has 8 heteroatoms. The third-order valence-corrected chi connectivity index (χ3v) is 6.65. The molecule has 31 heavy (non-hydrogen) atoms. The third kappa shape index (κ3) is 3.01. The SMILES string of the molecule is CCc1nc(C)cn2nc(-c3cc(=O)n4cc(N5CC6CNCC6C5)ccc4n3)cc12. The molecule has 158 valence electrons. The van der Waals surface area contributed by atoms with E-state index in [4.69, 9.17) is 4.98 Å². The molecule has 0 saturated carbocycles. The molecule has 1 N–H and O–H groups in total. The average Bonchev–Trinajstić information content (AvgIpc) is 3.47. The largest absolute Gasteiger partial charge is 0.370 e. The minimum atomic E-state index is -0.0926. The van der Waals surface area contributed by atoms with Crippen LogP contribution in [0, 0.1) is 18.8 Å². The van der Waals surface area contributed by atoms with Crippen LogP contribution in [0.15, 0.2) is 41.5 Å². The van der Waals surface area contributed by atoms with Crippen molar-refractivity contribution < 1.29 is 0 Å². The Hall–Kier alpha value is -3.26. The second-order valence-electron chi connectivity index (χ2n) is 8.72. The lowest BCUT2D eigenvalue weighted by atomic mass is 10.0. The van der Waals surface area contributed by atoms with Crippen molar-refractivity contribution in [3.63, 3.8) is 0 Å². The fraction of sp³-hybridized carbons (Fsp3) is 0.391. The molecule has 4 aromatic heterocycles. The van der Waals surface area contributed by atoms with Gasteiger partial charge in [0.25, 0.3) is 5.56 Å². The van der Waals surface area contributed by atoms with Crippen LogP contribution < -0.4 is 15.8 Å². The average molecular weight is 416 g/mol. The van der Waals surface area contributed by atoms with Gasteiger partial charge in [-0.25, -0.2) is 9.50 Å². The van der Waals surface area contributed by atoms with Gasteiger partial charge >= 0.3 is 0 Å². The van der Waals surface area contributed by atoms with E-state index in [1.54, 1.807) is 10.5 Å². The van der Waals surface area contributed by atoms with Gasteiger partial charge in [-0.15, -0.1) is 0 Å². The number of rotatable bonds is 3. The van der Waals surface area contributed by atoms with Crippen LogP contribution >= 0.6 is 0 Å². The van der Waals surface area contributed by atoms with E-state index in [1.807, 2.05) is 36.0 Å². The molecule has 2 saturated heterocycles. The van der Waals surface area contributed by atoms with Crippen LogP contribution in [0.1, 0.15) is 18.3 Å². The topological polar surface area (TPSA) is 79.8 Å². The van der Waals surface area contributed by atoms with Gasteiger partial charge < -0.3 is 10.2 Å². The van der Waals surface area contributed by atoms with Crippen LogP contribution in [-0.4, -0.2) is 50.2 Å². The van der Waals surface area contributed by atoms with Crippen LogP contribution in [0.25, 0.3) is 22.6 Å². The summed E-state index contributed by atoms with van der Waals surface area (Å²) in [4.78, 5) is 24.7. The lowest BCUT2D eigenvalue weighted by molar-refractivity contribution is 0.533. The highest BCUT2D eigenvalue weighted by molar-refractivity contribution is 5.66. The summed E-state index contributed by atoms with van der Waals surface area (Å²) in [6.07, 6.45) is 4.65. The molecule has 4 aromatic rings. The molecule has 2 unspecified atom stereocenters. The first kappa shape index (κ1) is 18.5. The third-order valence-electron chi connectivity index (χ3n) is 6.65. The van der Waals surface area contributed by atoms with Crippen LogP contribution in [-0.2, 0) is 6.42 Å². The van der Waals surface area contributed by atoms with Crippen molar-refractivity contribution in [3.05, 3.63) is 58.4 Å². The van der Waals surface area contributed by atoms with E-state index in [-0.39, 0.29) is 5.56 Å². The Kier molecular flexibility index (Phi) is 4.11. The van der Waals surface area contributed by atoms with Gasteiger partial charge in [0.2, 0.25) is 0 Å². The van der Waals surface area contributed by atoms with Crippen molar-refractivity contribution in [2.75, 3.05) is 31.1 Å². The summed E-state index contributed by atoms with van der Waals surface area (Å²) in [6, 6.07) is 7.56. The number of aryl methyl sites for hydroxylation is 2. The zero-order valence-corrected chi connectivity index (χ0v) is 17.7. The molecule has 6 rings (SSSR count). The summed E-state index contributed by atoms with van der Waals surface area (Å²) in [5.41, 5.74) is 5.76. The normalized spacial score (nSPS) is 20.8. The van der Waals surface area contributed by atoms with Crippen molar-refractivity contribution >= 4 is 16.9 Å².